The third-order valence-corrected chi connectivity index (χ3v) is 3.91. The van der Waals surface area contributed by atoms with Crippen LogP contribution in [0.4, 0.5) is 11.4 Å². The van der Waals surface area contributed by atoms with Crippen LogP contribution >= 0.6 is 0 Å². The van der Waals surface area contributed by atoms with E-state index in [0.29, 0.717) is 18.8 Å². The van der Waals surface area contributed by atoms with E-state index in [1.54, 1.807) is 11.1 Å². The zero-order valence-corrected chi connectivity index (χ0v) is 13.7. The molecule has 1 heterocycles. The van der Waals surface area contributed by atoms with Gasteiger partial charge in [-0.05, 0) is 57.0 Å². The van der Waals surface area contributed by atoms with Gasteiger partial charge in [0, 0.05) is 30.7 Å². The van der Waals surface area contributed by atoms with Crippen molar-refractivity contribution in [3.05, 3.63) is 53.3 Å². The minimum absolute atomic E-state index is 0.0328. The van der Waals surface area contributed by atoms with Crippen molar-refractivity contribution in [2.75, 3.05) is 18.4 Å². The molecule has 0 aliphatic heterocycles. The van der Waals surface area contributed by atoms with Crippen molar-refractivity contribution in [1.82, 2.24) is 9.88 Å². The standard InChI is InChI=1S/C18H23N3O/c1-5-21(6-2)18(22)17-12-15(10-11-19-17)20-16-9-7-8-13(3)14(16)4/h7-12H,5-6H2,1-4H3,(H,19,20). The lowest BCUT2D eigenvalue weighted by atomic mass is 10.1. The van der Waals surface area contributed by atoms with E-state index in [0.717, 1.165) is 11.4 Å². The third kappa shape index (κ3) is 3.45. The summed E-state index contributed by atoms with van der Waals surface area (Å²) in [6, 6.07) is 9.83. The van der Waals surface area contributed by atoms with Crippen molar-refractivity contribution in [3.8, 4) is 0 Å². The summed E-state index contributed by atoms with van der Waals surface area (Å²) >= 11 is 0. The first-order valence-electron chi connectivity index (χ1n) is 7.65. The largest absolute Gasteiger partial charge is 0.355 e. The Morgan fingerprint density at radius 1 is 1.18 bits per heavy atom. The summed E-state index contributed by atoms with van der Waals surface area (Å²) in [6.07, 6.45) is 1.67. The fourth-order valence-electron chi connectivity index (χ4n) is 2.34. The highest BCUT2D eigenvalue weighted by Gasteiger charge is 2.14. The van der Waals surface area contributed by atoms with Gasteiger partial charge in [0.2, 0.25) is 0 Å². The number of hydrogen-bond acceptors (Lipinski definition) is 3. The summed E-state index contributed by atoms with van der Waals surface area (Å²) in [7, 11) is 0. The molecule has 0 unspecified atom stereocenters. The van der Waals surface area contributed by atoms with Gasteiger partial charge in [-0.15, -0.1) is 0 Å². The second-order valence-electron chi connectivity index (χ2n) is 5.28. The van der Waals surface area contributed by atoms with Gasteiger partial charge in [0.15, 0.2) is 0 Å². The Bertz CT molecular complexity index is 663. The summed E-state index contributed by atoms with van der Waals surface area (Å²) in [4.78, 5) is 18.3. The topological polar surface area (TPSA) is 45.2 Å². The Labute approximate surface area is 132 Å². The zero-order chi connectivity index (χ0) is 16.1. The second-order valence-corrected chi connectivity index (χ2v) is 5.28. The predicted molar refractivity (Wildman–Crippen MR) is 90.7 cm³/mol. The number of pyridine rings is 1. The van der Waals surface area contributed by atoms with E-state index >= 15 is 0 Å². The van der Waals surface area contributed by atoms with Crippen LogP contribution in [-0.2, 0) is 0 Å². The van der Waals surface area contributed by atoms with E-state index in [1.165, 1.54) is 11.1 Å². The van der Waals surface area contributed by atoms with Gasteiger partial charge in [-0.1, -0.05) is 12.1 Å². The number of carbonyl (C=O) groups is 1. The van der Waals surface area contributed by atoms with Crippen molar-refractivity contribution < 1.29 is 4.79 Å². The first-order valence-corrected chi connectivity index (χ1v) is 7.65. The number of aryl methyl sites for hydroxylation is 1. The number of nitrogens with one attached hydrogen (secondary N) is 1. The van der Waals surface area contributed by atoms with Crippen LogP contribution in [0.2, 0.25) is 0 Å². The van der Waals surface area contributed by atoms with Gasteiger partial charge in [0.05, 0.1) is 0 Å². The number of rotatable bonds is 5. The van der Waals surface area contributed by atoms with Gasteiger partial charge in [-0.2, -0.15) is 0 Å². The average Bonchev–Trinajstić information content (AvgIpc) is 2.53. The van der Waals surface area contributed by atoms with E-state index in [-0.39, 0.29) is 5.91 Å². The molecule has 116 valence electrons. The van der Waals surface area contributed by atoms with Gasteiger partial charge in [-0.25, -0.2) is 0 Å². The van der Waals surface area contributed by atoms with Crippen LogP contribution in [0.3, 0.4) is 0 Å². The molecule has 0 bridgehead atoms. The quantitative estimate of drug-likeness (QED) is 0.909. The third-order valence-electron chi connectivity index (χ3n) is 3.91. The maximum atomic E-state index is 12.4. The molecule has 0 spiro atoms. The first kappa shape index (κ1) is 16.0. The van der Waals surface area contributed by atoms with Gasteiger partial charge in [-0.3, -0.25) is 9.78 Å². The van der Waals surface area contributed by atoms with E-state index in [1.807, 2.05) is 38.1 Å². The molecule has 2 aromatic rings. The number of nitrogens with zero attached hydrogens (tertiary/aromatic N) is 2. The average molecular weight is 297 g/mol. The molecular formula is C18H23N3O. The smallest absolute Gasteiger partial charge is 0.272 e. The second kappa shape index (κ2) is 7.07. The molecule has 0 saturated carbocycles. The lowest BCUT2D eigenvalue weighted by molar-refractivity contribution is 0.0767. The summed E-state index contributed by atoms with van der Waals surface area (Å²) in [6.45, 7) is 9.49. The maximum Gasteiger partial charge on any atom is 0.272 e. The lowest BCUT2D eigenvalue weighted by Crippen LogP contribution is -2.31. The van der Waals surface area contributed by atoms with Crippen molar-refractivity contribution in [3.63, 3.8) is 0 Å². The summed E-state index contributed by atoms with van der Waals surface area (Å²) in [5.41, 5.74) is 4.83. The van der Waals surface area contributed by atoms with Crippen molar-refractivity contribution in [2.45, 2.75) is 27.7 Å². The van der Waals surface area contributed by atoms with Crippen LogP contribution in [0, 0.1) is 13.8 Å². The van der Waals surface area contributed by atoms with Crippen LogP contribution in [0.5, 0.6) is 0 Å². The van der Waals surface area contributed by atoms with Gasteiger partial charge in [0.1, 0.15) is 5.69 Å². The van der Waals surface area contributed by atoms with E-state index in [4.69, 9.17) is 0 Å². The molecule has 4 nitrogen and oxygen atoms in total. The molecule has 1 amide bonds. The van der Waals surface area contributed by atoms with Crippen LogP contribution in [0.25, 0.3) is 0 Å². The van der Waals surface area contributed by atoms with Gasteiger partial charge < -0.3 is 10.2 Å². The molecule has 0 radical (unpaired) electrons. The molecule has 1 aromatic carbocycles. The van der Waals surface area contributed by atoms with Crippen molar-refractivity contribution >= 4 is 17.3 Å². The highest BCUT2D eigenvalue weighted by Crippen LogP contribution is 2.23. The number of anilines is 2. The van der Waals surface area contributed by atoms with Gasteiger partial charge in [0.25, 0.3) is 5.91 Å². The van der Waals surface area contributed by atoms with Crippen molar-refractivity contribution in [1.29, 1.82) is 0 Å². The summed E-state index contributed by atoms with van der Waals surface area (Å²) in [5.74, 6) is -0.0328. The van der Waals surface area contributed by atoms with E-state index in [9.17, 15) is 4.79 Å². The number of aromatic nitrogens is 1. The summed E-state index contributed by atoms with van der Waals surface area (Å²) in [5, 5.41) is 3.37. The number of carbonyl (C=O) groups excluding carboxylic acids is 1. The molecule has 0 atom stereocenters. The number of hydrogen-bond donors (Lipinski definition) is 1. The summed E-state index contributed by atoms with van der Waals surface area (Å²) < 4.78 is 0. The van der Waals surface area contributed by atoms with Crippen molar-refractivity contribution in [2.24, 2.45) is 0 Å². The first-order chi connectivity index (χ1) is 10.6. The molecule has 4 heteroatoms. The highest BCUT2D eigenvalue weighted by atomic mass is 16.2. The highest BCUT2D eigenvalue weighted by molar-refractivity contribution is 5.93. The Hall–Kier alpha value is -2.36. The molecule has 0 aliphatic rings. The molecule has 1 N–H and O–H groups in total. The molecule has 0 saturated heterocycles. The Kier molecular flexibility index (Phi) is 5.15. The molecule has 22 heavy (non-hydrogen) atoms. The molecule has 1 aromatic heterocycles. The van der Waals surface area contributed by atoms with E-state index in [2.05, 4.69) is 30.2 Å². The normalized spacial score (nSPS) is 10.4. The lowest BCUT2D eigenvalue weighted by Gasteiger charge is -2.18. The van der Waals surface area contributed by atoms with Crippen LogP contribution in [0.15, 0.2) is 36.5 Å². The van der Waals surface area contributed by atoms with Crippen LogP contribution < -0.4 is 5.32 Å². The molecule has 0 aliphatic carbocycles. The van der Waals surface area contributed by atoms with Crippen LogP contribution in [-0.4, -0.2) is 28.9 Å². The fraction of sp³-hybridized carbons (Fsp3) is 0.333. The monoisotopic (exact) mass is 297 g/mol. The minimum Gasteiger partial charge on any atom is -0.355 e. The Balaban J connectivity index is 2.25. The molecule has 0 fully saturated rings. The number of amides is 1. The molecular weight excluding hydrogens is 274 g/mol. The van der Waals surface area contributed by atoms with E-state index < -0.39 is 0 Å². The fourth-order valence-corrected chi connectivity index (χ4v) is 2.34. The Morgan fingerprint density at radius 2 is 1.91 bits per heavy atom. The predicted octanol–water partition coefficient (Wildman–Crippen LogP) is 3.92. The maximum absolute atomic E-state index is 12.4. The van der Waals surface area contributed by atoms with Gasteiger partial charge >= 0.3 is 0 Å². The zero-order valence-electron chi connectivity index (χ0n) is 13.7. The molecule has 2 rings (SSSR count). The number of benzene rings is 1. The Morgan fingerprint density at radius 3 is 2.59 bits per heavy atom. The van der Waals surface area contributed by atoms with Crippen LogP contribution in [0.1, 0.15) is 35.5 Å². The SMILES string of the molecule is CCN(CC)C(=O)c1cc(Nc2cccc(C)c2C)ccn1. The minimum atomic E-state index is -0.0328.